The number of rotatable bonds is 4. The monoisotopic (exact) mass is 352 g/mol. The molecule has 1 nitrogen and oxygen atoms in total. The molecule has 2 unspecified atom stereocenters. The van der Waals surface area contributed by atoms with E-state index in [1.807, 2.05) is 30.4 Å². The van der Waals surface area contributed by atoms with E-state index in [0.29, 0.717) is 5.92 Å². The minimum absolute atomic E-state index is 0.244. The summed E-state index contributed by atoms with van der Waals surface area (Å²) in [5.74, 6) is 2.72. The van der Waals surface area contributed by atoms with Crippen molar-refractivity contribution in [2.45, 2.75) is 19.8 Å². The molecule has 1 heterocycles. The normalized spacial score (nSPS) is 22.0. The van der Waals surface area contributed by atoms with Crippen molar-refractivity contribution < 1.29 is 4.74 Å². The first kappa shape index (κ1) is 17.4. The summed E-state index contributed by atoms with van der Waals surface area (Å²) in [6.07, 6.45) is 8.10. The van der Waals surface area contributed by atoms with Gasteiger partial charge in [0, 0.05) is 11.1 Å². The molecule has 1 aliphatic carbocycles. The largest absolute Gasteiger partial charge is 0.452 e. The van der Waals surface area contributed by atoms with Gasteiger partial charge in [0.2, 0.25) is 0 Å². The van der Waals surface area contributed by atoms with E-state index in [-0.39, 0.29) is 5.92 Å². The Labute approximate surface area is 161 Å². The van der Waals surface area contributed by atoms with Crippen LogP contribution in [0, 0.1) is 11.8 Å². The number of fused-ring (bicyclic) bond motifs is 1. The van der Waals surface area contributed by atoms with E-state index in [1.165, 1.54) is 16.7 Å². The Hall–Kier alpha value is -3.02. The molecule has 0 radical (unpaired) electrons. The zero-order valence-corrected chi connectivity index (χ0v) is 15.7. The summed E-state index contributed by atoms with van der Waals surface area (Å²) in [7, 11) is 0. The van der Waals surface area contributed by atoms with Crippen LogP contribution in [0.2, 0.25) is 0 Å². The van der Waals surface area contributed by atoms with Crippen LogP contribution in [0.1, 0.15) is 30.9 Å². The van der Waals surface area contributed by atoms with E-state index < -0.39 is 0 Å². The van der Waals surface area contributed by atoms with Gasteiger partial charge in [0.25, 0.3) is 0 Å². The molecule has 2 aliphatic rings. The van der Waals surface area contributed by atoms with Gasteiger partial charge < -0.3 is 4.74 Å². The predicted octanol–water partition coefficient (Wildman–Crippen LogP) is 6.78. The van der Waals surface area contributed by atoms with Crippen molar-refractivity contribution in [2.75, 3.05) is 0 Å². The van der Waals surface area contributed by atoms with Crippen LogP contribution in [0.25, 0.3) is 11.3 Å². The van der Waals surface area contributed by atoms with Crippen molar-refractivity contribution in [1.82, 2.24) is 0 Å². The molecule has 1 aliphatic heterocycles. The van der Waals surface area contributed by atoms with Gasteiger partial charge in [0.1, 0.15) is 5.76 Å². The molecule has 27 heavy (non-hydrogen) atoms. The molecule has 0 aromatic heterocycles. The molecule has 0 spiro atoms. The van der Waals surface area contributed by atoms with Gasteiger partial charge in [0.15, 0.2) is 5.76 Å². The maximum Gasteiger partial charge on any atom is 0.176 e. The van der Waals surface area contributed by atoms with Crippen molar-refractivity contribution in [3.05, 3.63) is 114 Å². The molecule has 0 saturated carbocycles. The van der Waals surface area contributed by atoms with Crippen LogP contribution in [0.3, 0.4) is 0 Å². The summed E-state index contributed by atoms with van der Waals surface area (Å²) in [6, 6.07) is 20.9. The summed E-state index contributed by atoms with van der Waals surface area (Å²) >= 11 is 0. The number of benzene rings is 2. The highest BCUT2D eigenvalue weighted by molar-refractivity contribution is 5.78. The molecule has 0 N–H and O–H groups in total. The Morgan fingerprint density at radius 2 is 1.67 bits per heavy atom. The molecule has 0 bridgehead atoms. The lowest BCUT2D eigenvalue weighted by Crippen LogP contribution is -2.22. The van der Waals surface area contributed by atoms with Gasteiger partial charge in [-0.1, -0.05) is 98.1 Å². The topological polar surface area (TPSA) is 9.23 Å². The third-order valence-corrected chi connectivity index (χ3v) is 5.20. The second-order valence-corrected chi connectivity index (χ2v) is 7.28. The minimum atomic E-state index is 0.244. The molecule has 2 aromatic rings. The second kappa shape index (κ2) is 7.70. The van der Waals surface area contributed by atoms with E-state index in [0.717, 1.165) is 29.9 Å². The van der Waals surface area contributed by atoms with Gasteiger partial charge in [-0.05, 0) is 29.9 Å². The average Bonchev–Trinajstić information content (AvgIpc) is 2.72. The Balaban J connectivity index is 1.92. The average molecular weight is 352 g/mol. The number of ether oxygens (including phenoxy) is 1. The summed E-state index contributed by atoms with van der Waals surface area (Å²) in [5.41, 5.74) is 8.39. The molecule has 0 fully saturated rings. The van der Waals surface area contributed by atoms with Crippen LogP contribution >= 0.6 is 0 Å². The quantitative estimate of drug-likeness (QED) is 0.435. The third kappa shape index (κ3) is 3.60. The third-order valence-electron chi connectivity index (χ3n) is 5.20. The summed E-state index contributed by atoms with van der Waals surface area (Å²) < 4.78 is 6.46. The van der Waals surface area contributed by atoms with Crippen molar-refractivity contribution in [1.29, 1.82) is 0 Å². The van der Waals surface area contributed by atoms with Gasteiger partial charge in [-0.2, -0.15) is 0 Å². The molecule has 0 amide bonds. The molecule has 0 saturated heterocycles. The second-order valence-electron chi connectivity index (χ2n) is 7.28. The minimum Gasteiger partial charge on any atom is -0.452 e. The zero-order valence-electron chi connectivity index (χ0n) is 15.7. The van der Waals surface area contributed by atoms with Gasteiger partial charge in [-0.3, -0.25) is 0 Å². The van der Waals surface area contributed by atoms with Gasteiger partial charge in [0.05, 0.1) is 5.92 Å². The molecular formula is C26H24O. The predicted molar refractivity (Wildman–Crippen MR) is 113 cm³/mol. The van der Waals surface area contributed by atoms with Crippen LogP contribution in [0.4, 0.5) is 0 Å². The van der Waals surface area contributed by atoms with E-state index in [2.05, 4.69) is 67.8 Å². The molecular weight excluding hydrogens is 328 g/mol. The number of allylic oxidation sites excluding steroid dienone is 5. The van der Waals surface area contributed by atoms with Crippen molar-refractivity contribution in [3.8, 4) is 0 Å². The SMILES string of the molecule is C=C/C=C\C1=C2OC(c3ccccc3)=C=C(c3ccccc3)C2CC(C)C1. The Morgan fingerprint density at radius 3 is 2.33 bits per heavy atom. The van der Waals surface area contributed by atoms with Crippen molar-refractivity contribution in [2.24, 2.45) is 11.8 Å². The lowest BCUT2D eigenvalue weighted by atomic mass is 9.75. The Kier molecular flexibility index (Phi) is 4.96. The van der Waals surface area contributed by atoms with Crippen LogP contribution in [0.15, 0.2) is 103 Å². The van der Waals surface area contributed by atoms with Crippen LogP contribution < -0.4 is 0 Å². The molecule has 134 valence electrons. The molecule has 2 aromatic carbocycles. The van der Waals surface area contributed by atoms with Crippen molar-refractivity contribution in [3.63, 3.8) is 0 Å². The maximum absolute atomic E-state index is 6.46. The zero-order chi connectivity index (χ0) is 18.6. The smallest absolute Gasteiger partial charge is 0.176 e. The van der Waals surface area contributed by atoms with Crippen LogP contribution in [0.5, 0.6) is 0 Å². The summed E-state index contributed by atoms with van der Waals surface area (Å²) in [4.78, 5) is 0. The van der Waals surface area contributed by atoms with Gasteiger partial charge in [-0.25, -0.2) is 0 Å². The molecule has 2 atom stereocenters. The van der Waals surface area contributed by atoms with E-state index in [4.69, 9.17) is 4.74 Å². The highest BCUT2D eigenvalue weighted by atomic mass is 16.5. The van der Waals surface area contributed by atoms with Crippen molar-refractivity contribution >= 4 is 11.3 Å². The first-order valence-electron chi connectivity index (χ1n) is 9.58. The molecule has 1 heteroatoms. The number of hydrogen-bond donors (Lipinski definition) is 0. The molecule has 4 rings (SSSR count). The summed E-state index contributed by atoms with van der Waals surface area (Å²) in [6.45, 7) is 6.14. The fourth-order valence-electron chi connectivity index (χ4n) is 3.97. The Bertz CT molecular complexity index is 954. The van der Waals surface area contributed by atoms with E-state index in [1.54, 1.807) is 0 Å². The van der Waals surface area contributed by atoms with E-state index in [9.17, 15) is 0 Å². The standard InChI is InChI=1S/C26H24O/c1-3-4-11-22-16-19(2)17-24-23(20-12-7-5-8-13-20)18-25(27-26(22)24)21-14-9-6-10-15-21/h3-15,19,24H,1,16-17H2,2H3/b11-4-. The fraction of sp³-hybridized carbons (Fsp3) is 0.192. The number of hydrogen-bond acceptors (Lipinski definition) is 1. The highest BCUT2D eigenvalue weighted by Crippen LogP contribution is 2.46. The summed E-state index contributed by atoms with van der Waals surface area (Å²) in [5, 5.41) is 0. The maximum atomic E-state index is 6.46. The first-order chi connectivity index (χ1) is 13.3. The fourth-order valence-corrected chi connectivity index (χ4v) is 3.97. The van der Waals surface area contributed by atoms with Crippen LogP contribution in [-0.2, 0) is 4.74 Å². The first-order valence-corrected chi connectivity index (χ1v) is 9.58. The Morgan fingerprint density at radius 1 is 1.00 bits per heavy atom. The lowest BCUT2D eigenvalue weighted by Gasteiger charge is -2.34. The van der Waals surface area contributed by atoms with Gasteiger partial charge in [-0.15, -0.1) is 0 Å². The van der Waals surface area contributed by atoms with Crippen LogP contribution in [-0.4, -0.2) is 0 Å². The van der Waals surface area contributed by atoms with Gasteiger partial charge >= 0.3 is 0 Å². The lowest BCUT2D eigenvalue weighted by molar-refractivity contribution is 0.282. The highest BCUT2D eigenvalue weighted by Gasteiger charge is 2.34. The van der Waals surface area contributed by atoms with E-state index >= 15 is 0 Å².